The van der Waals surface area contributed by atoms with Gasteiger partial charge in [0.05, 0.1) is 6.54 Å². The van der Waals surface area contributed by atoms with Crippen LogP contribution in [0.15, 0.2) is 0 Å². The SMILES string of the molecule is CCC1(CC)NC(=O)CN(CC(C)(C)SC)C1=O. The lowest BCUT2D eigenvalue weighted by Crippen LogP contribution is -2.67. The normalized spacial score (nSPS) is 19.9. The number of carbonyl (C=O) groups excluding carboxylic acids is 2. The molecule has 0 spiro atoms. The van der Waals surface area contributed by atoms with Gasteiger partial charge in [-0.2, -0.15) is 11.8 Å². The Morgan fingerprint density at radius 2 is 1.89 bits per heavy atom. The zero-order valence-corrected chi connectivity index (χ0v) is 12.8. The third kappa shape index (κ3) is 2.99. The molecule has 0 bridgehead atoms. The number of thioether (sulfide) groups is 1. The Balaban J connectivity index is 2.93. The molecule has 1 saturated heterocycles. The highest BCUT2D eigenvalue weighted by Gasteiger charge is 2.44. The lowest BCUT2D eigenvalue weighted by Gasteiger charge is -2.43. The van der Waals surface area contributed by atoms with Crippen LogP contribution in [0, 0.1) is 0 Å². The van der Waals surface area contributed by atoms with E-state index in [2.05, 4.69) is 19.2 Å². The van der Waals surface area contributed by atoms with Crippen LogP contribution in [-0.2, 0) is 9.59 Å². The van der Waals surface area contributed by atoms with Gasteiger partial charge in [-0.05, 0) is 32.9 Å². The first-order valence-corrected chi connectivity index (χ1v) is 7.68. The summed E-state index contributed by atoms with van der Waals surface area (Å²) in [6.07, 6.45) is 3.32. The number of piperazine rings is 1. The average Bonchev–Trinajstić information content (AvgIpc) is 2.33. The van der Waals surface area contributed by atoms with Crippen molar-refractivity contribution in [3.63, 3.8) is 0 Å². The highest BCUT2D eigenvalue weighted by Crippen LogP contribution is 2.27. The summed E-state index contributed by atoms with van der Waals surface area (Å²) >= 11 is 1.71. The van der Waals surface area contributed by atoms with Gasteiger partial charge < -0.3 is 10.2 Å². The van der Waals surface area contributed by atoms with E-state index in [1.165, 1.54) is 0 Å². The van der Waals surface area contributed by atoms with Crippen LogP contribution in [0.5, 0.6) is 0 Å². The maximum atomic E-state index is 12.6. The summed E-state index contributed by atoms with van der Waals surface area (Å²) in [5.41, 5.74) is -0.691. The number of hydrogen-bond acceptors (Lipinski definition) is 3. The molecule has 0 aromatic rings. The van der Waals surface area contributed by atoms with Gasteiger partial charge in [-0.3, -0.25) is 9.59 Å². The van der Waals surface area contributed by atoms with Gasteiger partial charge in [-0.25, -0.2) is 0 Å². The van der Waals surface area contributed by atoms with Crippen molar-refractivity contribution in [3.05, 3.63) is 0 Å². The molecular weight excluding hydrogens is 248 g/mol. The Morgan fingerprint density at radius 3 is 2.33 bits per heavy atom. The topological polar surface area (TPSA) is 49.4 Å². The first-order valence-electron chi connectivity index (χ1n) is 6.46. The zero-order valence-electron chi connectivity index (χ0n) is 12.0. The summed E-state index contributed by atoms with van der Waals surface area (Å²) in [6, 6.07) is 0. The maximum Gasteiger partial charge on any atom is 0.248 e. The number of carbonyl (C=O) groups is 2. The standard InChI is InChI=1S/C13H24N2O2S/c1-6-13(7-2)11(17)15(8-10(16)14-13)9-12(3,4)18-5/h6-9H2,1-5H3,(H,14,16). The second-order valence-electron chi connectivity index (χ2n) is 5.46. The van der Waals surface area contributed by atoms with E-state index in [9.17, 15) is 9.59 Å². The highest BCUT2D eigenvalue weighted by atomic mass is 32.2. The van der Waals surface area contributed by atoms with Crippen LogP contribution < -0.4 is 5.32 Å². The Bertz CT molecular complexity index is 338. The molecule has 0 aromatic heterocycles. The molecule has 5 heteroatoms. The van der Waals surface area contributed by atoms with Gasteiger partial charge in [0.25, 0.3) is 0 Å². The third-order valence-electron chi connectivity index (χ3n) is 3.74. The van der Waals surface area contributed by atoms with Gasteiger partial charge >= 0.3 is 0 Å². The zero-order chi connectivity index (χ0) is 14.0. The molecule has 1 fully saturated rings. The average molecular weight is 272 g/mol. The van der Waals surface area contributed by atoms with Crippen molar-refractivity contribution in [2.75, 3.05) is 19.3 Å². The Labute approximate surface area is 114 Å². The molecule has 1 aliphatic rings. The van der Waals surface area contributed by atoms with Gasteiger partial charge in [-0.15, -0.1) is 0 Å². The first kappa shape index (κ1) is 15.3. The van der Waals surface area contributed by atoms with Crippen molar-refractivity contribution in [1.29, 1.82) is 0 Å². The van der Waals surface area contributed by atoms with E-state index in [1.807, 2.05) is 20.1 Å². The molecule has 1 aliphatic heterocycles. The fourth-order valence-electron chi connectivity index (χ4n) is 2.29. The van der Waals surface area contributed by atoms with Crippen LogP contribution in [0.25, 0.3) is 0 Å². The summed E-state index contributed by atoms with van der Waals surface area (Å²) in [7, 11) is 0. The first-order chi connectivity index (χ1) is 8.30. The Hall–Kier alpha value is -0.710. The van der Waals surface area contributed by atoms with E-state index >= 15 is 0 Å². The molecule has 0 atom stereocenters. The van der Waals surface area contributed by atoms with Crippen LogP contribution in [0.1, 0.15) is 40.5 Å². The predicted molar refractivity (Wildman–Crippen MR) is 75.6 cm³/mol. The van der Waals surface area contributed by atoms with Gasteiger partial charge in [0, 0.05) is 11.3 Å². The van der Waals surface area contributed by atoms with Crippen molar-refractivity contribution in [2.24, 2.45) is 0 Å². The quantitative estimate of drug-likeness (QED) is 0.828. The van der Waals surface area contributed by atoms with Crippen molar-refractivity contribution >= 4 is 23.6 Å². The monoisotopic (exact) mass is 272 g/mol. The van der Waals surface area contributed by atoms with Crippen LogP contribution in [0.3, 0.4) is 0 Å². The number of hydrogen-bond donors (Lipinski definition) is 1. The van der Waals surface area contributed by atoms with E-state index in [0.717, 1.165) is 0 Å². The van der Waals surface area contributed by atoms with E-state index < -0.39 is 5.54 Å². The van der Waals surface area contributed by atoms with Gasteiger partial charge in [-0.1, -0.05) is 13.8 Å². The predicted octanol–water partition coefficient (Wildman–Crippen LogP) is 1.65. The molecule has 1 rings (SSSR count). The van der Waals surface area contributed by atoms with E-state index in [0.29, 0.717) is 19.4 Å². The maximum absolute atomic E-state index is 12.6. The van der Waals surface area contributed by atoms with Crippen LogP contribution in [0.2, 0.25) is 0 Å². The minimum Gasteiger partial charge on any atom is -0.340 e. The number of nitrogens with one attached hydrogen (secondary N) is 1. The molecule has 1 heterocycles. The molecule has 0 aliphatic carbocycles. The van der Waals surface area contributed by atoms with Crippen LogP contribution in [-0.4, -0.2) is 46.3 Å². The van der Waals surface area contributed by atoms with E-state index in [1.54, 1.807) is 16.7 Å². The fraction of sp³-hybridized carbons (Fsp3) is 0.846. The smallest absolute Gasteiger partial charge is 0.248 e. The van der Waals surface area contributed by atoms with Gasteiger partial charge in [0.1, 0.15) is 5.54 Å². The van der Waals surface area contributed by atoms with Gasteiger partial charge in [0.15, 0.2) is 0 Å². The summed E-state index contributed by atoms with van der Waals surface area (Å²) in [4.78, 5) is 26.1. The minimum atomic E-state index is -0.691. The summed E-state index contributed by atoms with van der Waals surface area (Å²) in [5, 5.41) is 2.88. The van der Waals surface area contributed by atoms with Crippen molar-refractivity contribution in [1.82, 2.24) is 10.2 Å². The molecule has 104 valence electrons. The van der Waals surface area contributed by atoms with Crippen molar-refractivity contribution in [2.45, 2.75) is 50.8 Å². The molecule has 2 amide bonds. The second-order valence-corrected chi connectivity index (χ2v) is 6.98. The summed E-state index contributed by atoms with van der Waals surface area (Å²) in [5.74, 6) is 0.0180. The van der Waals surface area contributed by atoms with Crippen molar-refractivity contribution < 1.29 is 9.59 Å². The Kier molecular flexibility index (Phi) is 4.70. The highest BCUT2D eigenvalue weighted by molar-refractivity contribution is 7.99. The lowest BCUT2D eigenvalue weighted by molar-refractivity contribution is -0.150. The second kappa shape index (κ2) is 5.51. The number of amides is 2. The largest absolute Gasteiger partial charge is 0.340 e. The molecule has 1 N–H and O–H groups in total. The van der Waals surface area contributed by atoms with E-state index in [-0.39, 0.29) is 23.1 Å². The molecule has 0 unspecified atom stereocenters. The van der Waals surface area contributed by atoms with Gasteiger partial charge in [0.2, 0.25) is 11.8 Å². The molecule has 18 heavy (non-hydrogen) atoms. The van der Waals surface area contributed by atoms with Crippen molar-refractivity contribution in [3.8, 4) is 0 Å². The molecule has 4 nitrogen and oxygen atoms in total. The third-order valence-corrected chi connectivity index (χ3v) is 4.98. The Morgan fingerprint density at radius 1 is 1.33 bits per heavy atom. The molecular formula is C13H24N2O2S. The summed E-state index contributed by atoms with van der Waals surface area (Å²) in [6.45, 7) is 8.89. The van der Waals surface area contributed by atoms with Crippen LogP contribution in [0.4, 0.5) is 0 Å². The fourth-order valence-corrected chi connectivity index (χ4v) is 2.57. The minimum absolute atomic E-state index is 0.0273. The van der Waals surface area contributed by atoms with Crippen LogP contribution >= 0.6 is 11.8 Å². The number of rotatable bonds is 5. The number of nitrogens with zero attached hydrogens (tertiary/aromatic N) is 1. The molecule has 0 radical (unpaired) electrons. The molecule has 0 aromatic carbocycles. The molecule has 0 saturated carbocycles. The lowest BCUT2D eigenvalue weighted by atomic mass is 9.88. The summed E-state index contributed by atoms with van der Waals surface area (Å²) < 4.78 is -0.0273. The van der Waals surface area contributed by atoms with E-state index in [4.69, 9.17) is 0 Å².